The highest BCUT2D eigenvalue weighted by Gasteiger charge is 2.21. The highest BCUT2D eigenvalue weighted by atomic mass is 35.5. The Hall–Kier alpha value is -1.79. The predicted molar refractivity (Wildman–Crippen MR) is 83.2 cm³/mol. The number of likely N-dealkylation sites (N-methyl/N-ethyl adjacent to an activating group) is 1. The van der Waals surface area contributed by atoms with Gasteiger partial charge < -0.3 is 20.6 Å². The number of halogens is 1. The van der Waals surface area contributed by atoms with E-state index in [1.54, 1.807) is 0 Å². The number of carboxylic acid groups (broad SMARTS) is 1. The van der Waals surface area contributed by atoms with Crippen LogP contribution in [-0.4, -0.2) is 48.2 Å². The summed E-state index contributed by atoms with van der Waals surface area (Å²) in [6, 6.07) is 3.74. The molecule has 6 nitrogen and oxygen atoms in total. The molecule has 0 unspecified atom stereocenters. The monoisotopic (exact) mass is 313 g/mol. The van der Waals surface area contributed by atoms with Crippen LogP contribution < -0.4 is 10.6 Å². The van der Waals surface area contributed by atoms with Crippen LogP contribution >= 0.6 is 11.6 Å². The number of carboxylic acids is 1. The van der Waals surface area contributed by atoms with Gasteiger partial charge in [-0.25, -0.2) is 9.59 Å². The van der Waals surface area contributed by atoms with Crippen molar-refractivity contribution >= 4 is 29.3 Å². The fourth-order valence-corrected chi connectivity index (χ4v) is 1.60. The lowest BCUT2D eigenvalue weighted by Crippen LogP contribution is -2.49. The van der Waals surface area contributed by atoms with Gasteiger partial charge in [-0.3, -0.25) is 0 Å². The van der Waals surface area contributed by atoms with Crippen LogP contribution in [-0.2, 0) is 0 Å². The van der Waals surface area contributed by atoms with Gasteiger partial charge in [0, 0.05) is 12.1 Å². The number of aromatic carboxylic acids is 1. The molecule has 2 amide bonds. The fourth-order valence-electron chi connectivity index (χ4n) is 1.37. The van der Waals surface area contributed by atoms with Crippen molar-refractivity contribution in [2.24, 2.45) is 0 Å². The summed E-state index contributed by atoms with van der Waals surface area (Å²) < 4.78 is 0. The molecule has 0 aliphatic heterocycles. The maximum Gasteiger partial charge on any atom is 0.335 e. The number of nitrogens with zero attached hydrogens (tertiary/aromatic N) is 1. The molecule has 1 aromatic carbocycles. The maximum absolute atomic E-state index is 11.8. The highest BCUT2D eigenvalue weighted by Crippen LogP contribution is 2.23. The van der Waals surface area contributed by atoms with Crippen LogP contribution in [0.2, 0.25) is 5.02 Å². The molecule has 0 aromatic heterocycles. The van der Waals surface area contributed by atoms with Crippen molar-refractivity contribution in [3.63, 3.8) is 0 Å². The van der Waals surface area contributed by atoms with Crippen molar-refractivity contribution < 1.29 is 14.7 Å². The Morgan fingerprint density at radius 1 is 1.33 bits per heavy atom. The molecule has 0 fully saturated rings. The highest BCUT2D eigenvalue weighted by molar-refractivity contribution is 6.34. The maximum atomic E-state index is 11.8. The third-order valence-corrected chi connectivity index (χ3v) is 3.67. The molecule has 0 spiro atoms. The van der Waals surface area contributed by atoms with E-state index in [9.17, 15) is 9.59 Å². The summed E-state index contributed by atoms with van der Waals surface area (Å²) in [5.74, 6) is -1.07. The number of carbonyl (C=O) groups is 2. The summed E-state index contributed by atoms with van der Waals surface area (Å²) in [4.78, 5) is 24.6. The van der Waals surface area contributed by atoms with E-state index in [2.05, 4.69) is 10.6 Å². The lowest BCUT2D eigenvalue weighted by atomic mass is 10.1. The molecular weight excluding hydrogens is 294 g/mol. The number of benzene rings is 1. The van der Waals surface area contributed by atoms with Gasteiger partial charge in [0.2, 0.25) is 0 Å². The Morgan fingerprint density at radius 2 is 1.95 bits per heavy atom. The zero-order chi connectivity index (χ0) is 16.2. The average Bonchev–Trinajstić information content (AvgIpc) is 2.38. The van der Waals surface area contributed by atoms with Crippen LogP contribution in [0.5, 0.6) is 0 Å². The lowest BCUT2D eigenvalue weighted by molar-refractivity contribution is 0.0697. The summed E-state index contributed by atoms with van der Waals surface area (Å²) in [5.41, 5.74) is 0.246. The van der Waals surface area contributed by atoms with Gasteiger partial charge in [0.25, 0.3) is 0 Å². The van der Waals surface area contributed by atoms with Crippen LogP contribution in [0.25, 0.3) is 0 Å². The molecule has 116 valence electrons. The molecule has 21 heavy (non-hydrogen) atoms. The van der Waals surface area contributed by atoms with E-state index in [0.717, 1.165) is 0 Å². The van der Waals surface area contributed by atoms with Crippen LogP contribution in [0.4, 0.5) is 10.5 Å². The quantitative estimate of drug-likeness (QED) is 0.780. The molecule has 3 N–H and O–H groups in total. The van der Waals surface area contributed by atoms with Gasteiger partial charge in [0.15, 0.2) is 0 Å². The van der Waals surface area contributed by atoms with Gasteiger partial charge >= 0.3 is 12.0 Å². The molecule has 1 aromatic rings. The molecule has 7 heteroatoms. The van der Waals surface area contributed by atoms with Crippen molar-refractivity contribution in [1.82, 2.24) is 10.2 Å². The third-order valence-electron chi connectivity index (χ3n) is 3.36. The summed E-state index contributed by atoms with van der Waals surface area (Å²) in [6.07, 6.45) is 0. The third kappa shape index (κ3) is 4.91. The number of carbonyl (C=O) groups excluding carboxylic acids is 1. The minimum absolute atomic E-state index is 0.0692. The van der Waals surface area contributed by atoms with Crippen LogP contribution in [0.15, 0.2) is 18.2 Å². The largest absolute Gasteiger partial charge is 0.478 e. The predicted octanol–water partition coefficient (Wildman–Crippen LogP) is 2.50. The number of anilines is 1. The second-order valence-electron chi connectivity index (χ2n) is 5.51. The molecular formula is C14H20ClN3O3. The van der Waals surface area contributed by atoms with E-state index in [1.807, 2.05) is 32.8 Å². The van der Waals surface area contributed by atoms with Crippen LogP contribution in [0, 0.1) is 0 Å². The Kier molecular flexibility index (Phi) is 5.57. The summed E-state index contributed by atoms with van der Waals surface area (Å²) in [7, 11) is 3.86. The molecule has 1 rings (SSSR count). The van der Waals surface area contributed by atoms with E-state index in [4.69, 9.17) is 16.7 Å². The minimum atomic E-state index is -1.07. The number of nitrogens with one attached hydrogen (secondary N) is 2. The van der Waals surface area contributed by atoms with Crippen molar-refractivity contribution in [2.45, 2.75) is 19.4 Å². The molecule has 0 aliphatic rings. The Labute approximate surface area is 129 Å². The topological polar surface area (TPSA) is 81.7 Å². The molecule has 0 radical (unpaired) electrons. The van der Waals surface area contributed by atoms with E-state index in [0.29, 0.717) is 12.2 Å². The molecule has 0 bridgehead atoms. The molecule has 0 saturated heterocycles. The van der Waals surface area contributed by atoms with Gasteiger partial charge in [0.05, 0.1) is 16.3 Å². The van der Waals surface area contributed by atoms with Gasteiger partial charge in [-0.15, -0.1) is 0 Å². The van der Waals surface area contributed by atoms with Gasteiger partial charge in [0.1, 0.15) is 0 Å². The number of rotatable bonds is 5. The van der Waals surface area contributed by atoms with E-state index in [1.165, 1.54) is 18.2 Å². The molecule has 0 saturated carbocycles. The summed E-state index contributed by atoms with van der Waals surface area (Å²) in [5, 5.41) is 14.4. The Morgan fingerprint density at radius 3 is 2.43 bits per heavy atom. The van der Waals surface area contributed by atoms with E-state index < -0.39 is 12.0 Å². The van der Waals surface area contributed by atoms with Crippen molar-refractivity contribution in [2.75, 3.05) is 26.0 Å². The van der Waals surface area contributed by atoms with Crippen molar-refractivity contribution in [3.05, 3.63) is 28.8 Å². The SMILES string of the molecule is CN(C)C(C)(C)CNC(=O)Nc1ccc(C(=O)O)cc1Cl. The molecule has 0 aliphatic carbocycles. The first-order valence-corrected chi connectivity index (χ1v) is 6.76. The van der Waals surface area contributed by atoms with Crippen LogP contribution in [0.3, 0.4) is 0 Å². The smallest absolute Gasteiger partial charge is 0.335 e. The molecule has 0 heterocycles. The van der Waals surface area contributed by atoms with Gasteiger partial charge in [-0.05, 0) is 46.1 Å². The lowest BCUT2D eigenvalue weighted by Gasteiger charge is -2.32. The first-order valence-electron chi connectivity index (χ1n) is 6.38. The van der Waals surface area contributed by atoms with Crippen LogP contribution in [0.1, 0.15) is 24.2 Å². The Bertz CT molecular complexity index is 544. The first-order chi connectivity index (χ1) is 9.63. The van der Waals surface area contributed by atoms with Gasteiger partial charge in [-0.1, -0.05) is 11.6 Å². The normalized spacial score (nSPS) is 11.3. The average molecular weight is 314 g/mol. The second kappa shape index (κ2) is 6.78. The number of hydrogen-bond acceptors (Lipinski definition) is 3. The van der Waals surface area contributed by atoms with Gasteiger partial charge in [-0.2, -0.15) is 0 Å². The molecule has 0 atom stereocenters. The summed E-state index contributed by atoms with van der Waals surface area (Å²) in [6.45, 7) is 4.46. The zero-order valence-corrected chi connectivity index (χ0v) is 13.3. The van der Waals surface area contributed by atoms with E-state index in [-0.39, 0.29) is 16.1 Å². The van der Waals surface area contributed by atoms with E-state index >= 15 is 0 Å². The number of amides is 2. The second-order valence-corrected chi connectivity index (χ2v) is 5.92. The first kappa shape index (κ1) is 17.3. The van der Waals surface area contributed by atoms with Crippen molar-refractivity contribution in [1.29, 1.82) is 0 Å². The Balaban J connectivity index is 2.66. The minimum Gasteiger partial charge on any atom is -0.478 e. The fraction of sp³-hybridized carbons (Fsp3) is 0.429. The number of urea groups is 1. The van der Waals surface area contributed by atoms with Crippen molar-refractivity contribution in [3.8, 4) is 0 Å². The zero-order valence-electron chi connectivity index (χ0n) is 12.5. The summed E-state index contributed by atoms with van der Waals surface area (Å²) >= 11 is 5.94. The standard InChI is InChI=1S/C14H20ClN3O3/c1-14(2,18(3)4)8-16-13(21)17-11-6-5-9(12(19)20)7-10(11)15/h5-7H,8H2,1-4H3,(H,19,20)(H2,16,17,21). The number of hydrogen-bond donors (Lipinski definition) is 3.